The Morgan fingerprint density at radius 3 is 1.23 bits per heavy atom. The lowest BCUT2D eigenvalue weighted by Gasteiger charge is -2.29. The van der Waals surface area contributed by atoms with Crippen LogP contribution in [0.4, 0.5) is 17.3 Å². The fraction of sp³-hybridized carbons (Fsp3) is 0.0556. The van der Waals surface area contributed by atoms with Crippen LogP contribution in [0, 0.1) is 0 Å². The molecule has 2 aromatic heterocycles. The highest BCUT2D eigenvalue weighted by molar-refractivity contribution is 6.52. The zero-order valence-corrected chi connectivity index (χ0v) is 25.9. The summed E-state index contributed by atoms with van der Waals surface area (Å²) < 4.78 is 81.3. The fourth-order valence-corrected chi connectivity index (χ4v) is 5.95. The van der Waals surface area contributed by atoms with Crippen LogP contribution < -0.4 is 18.4 Å². The predicted molar refractivity (Wildman–Crippen MR) is 179 cm³/mol. The minimum atomic E-state index is -4.22. The van der Waals surface area contributed by atoms with E-state index in [-0.39, 0.29) is 11.5 Å². The first kappa shape index (κ1) is 30.9. The first-order valence-corrected chi connectivity index (χ1v) is 15.2. The van der Waals surface area contributed by atoms with E-state index in [9.17, 15) is 17.3 Å². The SMILES string of the molecule is COc1ccc(C2=Cc3ccc4ccccc4[n+]3[B-](F)(F)O2)cc1.COc1ccc(C2=Cc3ccc4ccccc4[n+]3[B-](F)(F)O2)cc1. The lowest BCUT2D eigenvalue weighted by molar-refractivity contribution is -0.557. The third-order valence-electron chi connectivity index (χ3n) is 8.26. The number of rotatable bonds is 4. The number of benzene rings is 4. The molecule has 0 spiro atoms. The second-order valence-electron chi connectivity index (χ2n) is 11.2. The van der Waals surface area contributed by atoms with Crippen molar-refractivity contribution < 1.29 is 45.0 Å². The number of hydrogen-bond acceptors (Lipinski definition) is 4. The van der Waals surface area contributed by atoms with Crippen molar-refractivity contribution in [2.75, 3.05) is 14.2 Å². The zero-order chi connectivity index (χ0) is 33.5. The minimum Gasteiger partial charge on any atom is -0.599 e. The van der Waals surface area contributed by atoms with Gasteiger partial charge in [0.05, 0.1) is 25.7 Å². The van der Waals surface area contributed by atoms with Gasteiger partial charge in [0.15, 0.2) is 22.4 Å². The van der Waals surface area contributed by atoms with Gasteiger partial charge in [-0.05, 0) is 72.8 Å². The number of halogens is 4. The van der Waals surface area contributed by atoms with E-state index in [1.165, 1.54) is 0 Å². The maximum Gasteiger partial charge on any atom is 0.834 e. The van der Waals surface area contributed by atoms with E-state index >= 15 is 0 Å². The number of nitrogens with zero attached hydrogens (tertiary/aromatic N) is 2. The molecule has 240 valence electrons. The van der Waals surface area contributed by atoms with E-state index in [0.29, 0.717) is 45.0 Å². The van der Waals surface area contributed by atoms with Crippen LogP contribution in [-0.4, -0.2) is 28.3 Å². The summed E-state index contributed by atoms with van der Waals surface area (Å²) in [6.07, 6.45) is 3.26. The van der Waals surface area contributed by atoms with E-state index in [2.05, 4.69) is 0 Å². The van der Waals surface area contributed by atoms with Crippen LogP contribution in [0.15, 0.2) is 121 Å². The highest BCUT2D eigenvalue weighted by atomic mass is 19.3. The summed E-state index contributed by atoms with van der Waals surface area (Å²) >= 11 is 0. The van der Waals surface area contributed by atoms with E-state index in [0.717, 1.165) is 19.7 Å². The molecule has 0 saturated heterocycles. The molecule has 48 heavy (non-hydrogen) atoms. The van der Waals surface area contributed by atoms with Gasteiger partial charge < -0.3 is 45.0 Å². The van der Waals surface area contributed by atoms with E-state index < -0.39 is 14.1 Å². The normalized spacial score (nSPS) is 15.4. The van der Waals surface area contributed by atoms with Crippen molar-refractivity contribution in [3.63, 3.8) is 0 Å². The van der Waals surface area contributed by atoms with Crippen LogP contribution in [0.1, 0.15) is 22.5 Å². The number of fused-ring (bicyclic) bond motifs is 6. The molecular weight excluding hydrogens is 622 g/mol. The maximum atomic E-state index is 14.7. The average molecular weight is 650 g/mol. The molecule has 0 amide bonds. The fourth-order valence-electron chi connectivity index (χ4n) is 5.95. The summed E-state index contributed by atoms with van der Waals surface area (Å²) in [5.74, 6) is 1.62. The molecule has 2 aliphatic heterocycles. The monoisotopic (exact) mass is 650 g/mol. The van der Waals surface area contributed by atoms with Gasteiger partial charge in [-0.2, -0.15) is 0 Å². The zero-order valence-electron chi connectivity index (χ0n) is 25.9. The van der Waals surface area contributed by atoms with Crippen molar-refractivity contribution >= 4 is 59.6 Å². The van der Waals surface area contributed by atoms with Gasteiger partial charge >= 0.3 is 14.1 Å². The van der Waals surface area contributed by atoms with Gasteiger partial charge in [-0.25, -0.2) is 0 Å². The summed E-state index contributed by atoms with van der Waals surface area (Å²) in [6, 6.07) is 34.8. The van der Waals surface area contributed by atoms with E-state index in [1.807, 2.05) is 24.3 Å². The van der Waals surface area contributed by atoms with Gasteiger partial charge in [0.1, 0.15) is 11.5 Å². The van der Waals surface area contributed by atoms with E-state index in [1.54, 1.807) is 123 Å². The summed E-state index contributed by atoms with van der Waals surface area (Å²) in [4.78, 5) is 0. The number of hydrogen-bond donors (Lipinski definition) is 0. The second kappa shape index (κ2) is 12.1. The molecule has 0 fully saturated rings. The molecule has 0 unspecified atom stereocenters. The van der Waals surface area contributed by atoms with Crippen LogP contribution >= 0.6 is 0 Å². The lowest BCUT2D eigenvalue weighted by atomic mass is 9.96. The maximum absolute atomic E-state index is 14.7. The molecule has 6 nitrogen and oxygen atoms in total. The van der Waals surface area contributed by atoms with Crippen LogP contribution in [0.2, 0.25) is 0 Å². The Balaban J connectivity index is 0.000000152. The number of ether oxygens (including phenoxy) is 2. The highest BCUT2D eigenvalue weighted by Gasteiger charge is 2.51. The Bertz CT molecular complexity index is 2070. The third kappa shape index (κ3) is 5.70. The Morgan fingerprint density at radius 1 is 0.479 bits per heavy atom. The lowest BCUT2D eigenvalue weighted by Crippen LogP contribution is -2.64. The Hall–Kier alpha value is -5.77. The predicted octanol–water partition coefficient (Wildman–Crippen LogP) is 7.77. The number of para-hydroxylation sites is 2. The molecule has 0 saturated carbocycles. The molecule has 2 aliphatic rings. The number of pyridine rings is 2. The summed E-state index contributed by atoms with van der Waals surface area (Å²) in [6.45, 7) is 0. The smallest absolute Gasteiger partial charge is 0.599 e. The van der Waals surface area contributed by atoms with Gasteiger partial charge in [0.2, 0.25) is 0 Å². The standard InChI is InChI=1S/2C18H14BF2NO2/c2*1-23-16-10-7-14(8-11-16)18-12-15-9-6-13-4-2-3-5-17(13)22(15)19(20,21)24-18/h2*2-12H,1H3. The Morgan fingerprint density at radius 2 is 0.854 bits per heavy atom. The first-order valence-electron chi connectivity index (χ1n) is 15.2. The van der Waals surface area contributed by atoms with E-state index in [4.69, 9.17) is 18.8 Å². The van der Waals surface area contributed by atoms with Crippen molar-refractivity contribution in [1.82, 2.24) is 0 Å². The molecule has 4 aromatic carbocycles. The van der Waals surface area contributed by atoms with Crippen molar-refractivity contribution in [3.8, 4) is 11.5 Å². The van der Waals surface area contributed by atoms with Crippen LogP contribution in [0.25, 0.3) is 45.5 Å². The molecule has 0 aliphatic carbocycles. The molecule has 0 N–H and O–H groups in total. The van der Waals surface area contributed by atoms with Crippen LogP contribution in [0.5, 0.6) is 11.5 Å². The molecule has 12 heteroatoms. The quantitative estimate of drug-likeness (QED) is 0.145. The Labute approximate surface area is 273 Å². The Kier molecular flexibility index (Phi) is 7.79. The molecule has 4 heterocycles. The topological polar surface area (TPSA) is 44.7 Å². The van der Waals surface area contributed by atoms with Crippen molar-refractivity contribution in [2.45, 2.75) is 0 Å². The van der Waals surface area contributed by atoms with Crippen molar-refractivity contribution in [1.29, 1.82) is 0 Å². The molecule has 0 radical (unpaired) electrons. The summed E-state index contributed by atoms with van der Waals surface area (Å²) in [5.41, 5.74) is 2.88. The highest BCUT2D eigenvalue weighted by Crippen LogP contribution is 2.32. The average Bonchev–Trinajstić information content (AvgIpc) is 3.10. The van der Waals surface area contributed by atoms with Crippen molar-refractivity contribution in [2.24, 2.45) is 0 Å². The van der Waals surface area contributed by atoms with Crippen molar-refractivity contribution in [3.05, 3.63) is 144 Å². The number of aromatic nitrogens is 2. The minimum absolute atomic E-state index is 0.151. The number of methoxy groups -OCH3 is 2. The molecule has 0 bridgehead atoms. The van der Waals surface area contributed by atoms with Crippen LogP contribution in [0.3, 0.4) is 0 Å². The molecule has 8 rings (SSSR count). The summed E-state index contributed by atoms with van der Waals surface area (Å²) in [5, 5.41) is 1.49. The summed E-state index contributed by atoms with van der Waals surface area (Å²) in [7, 11) is -5.32. The first-order chi connectivity index (χ1) is 23.2. The molecule has 6 aromatic rings. The third-order valence-corrected chi connectivity index (χ3v) is 8.26. The second-order valence-corrected chi connectivity index (χ2v) is 11.2. The van der Waals surface area contributed by atoms with Gasteiger partial charge in [-0.3, -0.25) is 0 Å². The molecule has 0 atom stereocenters. The van der Waals surface area contributed by atoms with Crippen LogP contribution in [-0.2, 0) is 9.31 Å². The van der Waals surface area contributed by atoms with Gasteiger partial charge in [-0.15, -0.1) is 0 Å². The largest absolute Gasteiger partial charge is 0.834 e. The molecular formula is C36H28B2F4N2O4. The van der Waals surface area contributed by atoms with Gasteiger partial charge in [-0.1, -0.05) is 24.3 Å². The van der Waals surface area contributed by atoms with Gasteiger partial charge in [0, 0.05) is 58.3 Å². The van der Waals surface area contributed by atoms with Gasteiger partial charge in [0.25, 0.3) is 0 Å².